The molecule has 2 aromatic rings. The zero-order valence-corrected chi connectivity index (χ0v) is 11.5. The van der Waals surface area contributed by atoms with E-state index in [4.69, 9.17) is 16.7 Å². The first-order valence-electron chi connectivity index (χ1n) is 6.28. The van der Waals surface area contributed by atoms with E-state index in [2.05, 4.69) is 4.98 Å². The van der Waals surface area contributed by atoms with Gasteiger partial charge in [0.25, 0.3) is 0 Å². The quantitative estimate of drug-likeness (QED) is 0.848. The molecule has 21 heavy (non-hydrogen) atoms. The first kappa shape index (κ1) is 13.6. The summed E-state index contributed by atoms with van der Waals surface area (Å²) in [6.45, 7) is 0.260. The van der Waals surface area contributed by atoms with Crippen molar-refractivity contribution in [1.29, 1.82) is 0 Å². The van der Waals surface area contributed by atoms with Gasteiger partial charge in [0.05, 0.1) is 17.2 Å². The number of halogens is 1. The lowest BCUT2D eigenvalue weighted by atomic mass is 10.0. The van der Waals surface area contributed by atoms with Crippen molar-refractivity contribution in [1.82, 2.24) is 9.55 Å². The van der Waals surface area contributed by atoms with Crippen LogP contribution in [0.3, 0.4) is 0 Å². The Morgan fingerprint density at radius 1 is 1.33 bits per heavy atom. The van der Waals surface area contributed by atoms with E-state index in [9.17, 15) is 14.7 Å². The number of carbonyl (C=O) groups is 2. The number of pyridine rings is 1. The van der Waals surface area contributed by atoms with Crippen molar-refractivity contribution in [3.05, 3.63) is 40.8 Å². The van der Waals surface area contributed by atoms with Crippen LogP contribution < -0.4 is 0 Å². The maximum absolute atomic E-state index is 11.4. The number of hydrogen-bond donors (Lipinski definition) is 2. The fourth-order valence-electron chi connectivity index (χ4n) is 2.67. The number of carboxylic acid groups (broad SMARTS) is 2. The van der Waals surface area contributed by atoms with Gasteiger partial charge in [-0.05, 0) is 18.2 Å². The van der Waals surface area contributed by atoms with Crippen LogP contribution in [0.2, 0.25) is 5.15 Å². The van der Waals surface area contributed by atoms with E-state index >= 15 is 0 Å². The van der Waals surface area contributed by atoms with Crippen LogP contribution in [-0.4, -0.2) is 31.7 Å². The summed E-state index contributed by atoms with van der Waals surface area (Å²) in [4.78, 5) is 26.5. The molecule has 0 saturated carbocycles. The molecule has 3 rings (SSSR count). The zero-order chi connectivity index (χ0) is 15.1. The van der Waals surface area contributed by atoms with Crippen LogP contribution in [0.15, 0.2) is 24.4 Å². The topological polar surface area (TPSA) is 92.4 Å². The van der Waals surface area contributed by atoms with E-state index in [-0.39, 0.29) is 12.1 Å². The van der Waals surface area contributed by atoms with Crippen molar-refractivity contribution in [2.45, 2.75) is 13.0 Å². The zero-order valence-electron chi connectivity index (χ0n) is 10.8. The van der Waals surface area contributed by atoms with Gasteiger partial charge in [0.1, 0.15) is 5.15 Å². The summed E-state index contributed by atoms with van der Waals surface area (Å²) in [5, 5.41) is 18.8. The van der Waals surface area contributed by atoms with Gasteiger partial charge in [0.2, 0.25) is 0 Å². The number of aliphatic carboxylic acids is 1. The van der Waals surface area contributed by atoms with Crippen molar-refractivity contribution < 1.29 is 19.8 Å². The molecule has 1 aliphatic heterocycles. The predicted molar refractivity (Wildman–Crippen MR) is 74.5 cm³/mol. The number of carboxylic acids is 2. The van der Waals surface area contributed by atoms with E-state index in [1.807, 2.05) is 0 Å². The van der Waals surface area contributed by atoms with Gasteiger partial charge in [-0.25, -0.2) is 9.78 Å². The molecule has 0 saturated heterocycles. The molecule has 7 heteroatoms. The fraction of sp³-hybridized carbons (Fsp3) is 0.214. The first-order valence-corrected chi connectivity index (χ1v) is 6.65. The summed E-state index contributed by atoms with van der Waals surface area (Å²) in [6.07, 6.45) is 1.82. The third-order valence-corrected chi connectivity index (χ3v) is 3.85. The van der Waals surface area contributed by atoms with Crippen LogP contribution in [0.1, 0.15) is 16.1 Å². The van der Waals surface area contributed by atoms with Crippen LogP contribution in [0.4, 0.5) is 0 Å². The molecule has 2 aromatic heterocycles. The van der Waals surface area contributed by atoms with Crippen molar-refractivity contribution in [3.63, 3.8) is 0 Å². The molecular weight excluding hydrogens is 296 g/mol. The largest absolute Gasteiger partial charge is 0.481 e. The summed E-state index contributed by atoms with van der Waals surface area (Å²) in [6, 6.07) is 4.79. The van der Waals surface area contributed by atoms with Crippen LogP contribution in [0.5, 0.6) is 0 Å². The number of nitrogens with zero attached hydrogens (tertiary/aromatic N) is 2. The minimum Gasteiger partial charge on any atom is -0.481 e. The van der Waals surface area contributed by atoms with Crippen LogP contribution in [0, 0.1) is 5.92 Å². The van der Waals surface area contributed by atoms with E-state index < -0.39 is 17.9 Å². The highest BCUT2D eigenvalue weighted by molar-refractivity contribution is 6.29. The minimum atomic E-state index is -1.05. The Kier molecular flexibility index (Phi) is 3.17. The highest BCUT2D eigenvalue weighted by atomic mass is 35.5. The summed E-state index contributed by atoms with van der Waals surface area (Å²) >= 11 is 5.75. The van der Waals surface area contributed by atoms with Crippen LogP contribution in [-0.2, 0) is 17.8 Å². The van der Waals surface area contributed by atoms with Crippen LogP contribution >= 0.6 is 11.6 Å². The number of hydrogen-bond acceptors (Lipinski definition) is 3. The number of aromatic nitrogens is 2. The molecule has 0 aromatic carbocycles. The summed E-state index contributed by atoms with van der Waals surface area (Å²) in [5.74, 6) is -2.45. The minimum absolute atomic E-state index is 0.151. The molecule has 3 heterocycles. The van der Waals surface area contributed by atoms with Gasteiger partial charge in [-0.1, -0.05) is 11.6 Å². The van der Waals surface area contributed by atoms with Crippen LogP contribution in [0.25, 0.3) is 11.3 Å². The monoisotopic (exact) mass is 306 g/mol. The normalized spacial score (nSPS) is 16.7. The van der Waals surface area contributed by atoms with Gasteiger partial charge >= 0.3 is 11.9 Å². The van der Waals surface area contributed by atoms with E-state index in [1.54, 1.807) is 16.7 Å². The Morgan fingerprint density at radius 2 is 2.10 bits per heavy atom. The molecule has 1 atom stereocenters. The van der Waals surface area contributed by atoms with Crippen molar-refractivity contribution in [3.8, 4) is 11.3 Å². The van der Waals surface area contributed by atoms with E-state index in [0.29, 0.717) is 28.5 Å². The molecule has 108 valence electrons. The molecule has 2 N–H and O–H groups in total. The SMILES string of the molecule is O=C(O)c1cc2n(c1-c1ccc(Cl)nc1)CC(C(=O)O)C2. The Morgan fingerprint density at radius 3 is 2.67 bits per heavy atom. The Hall–Kier alpha value is -2.34. The molecule has 0 fully saturated rings. The maximum atomic E-state index is 11.4. The summed E-state index contributed by atoms with van der Waals surface area (Å²) in [7, 11) is 0. The second-order valence-electron chi connectivity index (χ2n) is 4.92. The molecule has 1 aliphatic rings. The Bertz CT molecular complexity index is 736. The lowest BCUT2D eigenvalue weighted by molar-refractivity contribution is -0.141. The molecule has 0 amide bonds. The van der Waals surface area contributed by atoms with E-state index in [1.165, 1.54) is 12.3 Å². The molecule has 1 unspecified atom stereocenters. The first-order chi connectivity index (χ1) is 9.97. The van der Waals surface area contributed by atoms with Gasteiger partial charge in [0, 0.05) is 30.4 Å². The van der Waals surface area contributed by atoms with E-state index in [0.717, 1.165) is 0 Å². The Balaban J connectivity index is 2.13. The average molecular weight is 307 g/mol. The predicted octanol–water partition coefficient (Wildman–Crippen LogP) is 2.16. The Labute approximate surface area is 124 Å². The smallest absolute Gasteiger partial charge is 0.337 e. The van der Waals surface area contributed by atoms with Crippen molar-refractivity contribution >= 4 is 23.5 Å². The lowest BCUT2D eigenvalue weighted by Crippen LogP contribution is -2.15. The molecule has 0 bridgehead atoms. The van der Waals surface area contributed by atoms with Gasteiger partial charge in [-0.3, -0.25) is 4.79 Å². The molecule has 0 spiro atoms. The van der Waals surface area contributed by atoms with Crippen molar-refractivity contribution in [2.24, 2.45) is 5.92 Å². The highest BCUT2D eigenvalue weighted by Crippen LogP contribution is 2.34. The van der Waals surface area contributed by atoms with Gasteiger partial charge in [-0.2, -0.15) is 0 Å². The van der Waals surface area contributed by atoms with Gasteiger partial charge in [-0.15, -0.1) is 0 Å². The number of aromatic carboxylic acids is 1. The third-order valence-electron chi connectivity index (χ3n) is 3.62. The fourth-order valence-corrected chi connectivity index (χ4v) is 2.78. The standard InChI is InChI=1S/C14H11ClN2O4/c15-11-2-1-7(5-16-11)12-10(14(20)21)4-9-3-8(13(18)19)6-17(9)12/h1-2,4-5,8H,3,6H2,(H,18,19)(H,20,21). The lowest BCUT2D eigenvalue weighted by Gasteiger charge is -2.09. The second kappa shape index (κ2) is 4.89. The molecule has 0 radical (unpaired) electrons. The van der Waals surface area contributed by atoms with Gasteiger partial charge < -0.3 is 14.8 Å². The molecular formula is C14H11ClN2O4. The molecule has 6 nitrogen and oxygen atoms in total. The maximum Gasteiger partial charge on any atom is 0.337 e. The summed E-state index contributed by atoms with van der Waals surface area (Å²) in [5.41, 5.74) is 1.95. The van der Waals surface area contributed by atoms with Crippen molar-refractivity contribution in [2.75, 3.05) is 0 Å². The second-order valence-corrected chi connectivity index (χ2v) is 5.31. The number of fused-ring (bicyclic) bond motifs is 1. The third kappa shape index (κ3) is 2.27. The molecule has 0 aliphatic carbocycles. The highest BCUT2D eigenvalue weighted by Gasteiger charge is 2.32. The number of rotatable bonds is 3. The van der Waals surface area contributed by atoms with Gasteiger partial charge in [0.15, 0.2) is 0 Å². The average Bonchev–Trinajstić information content (AvgIpc) is 2.97. The summed E-state index contributed by atoms with van der Waals surface area (Å²) < 4.78 is 1.74.